The van der Waals surface area contributed by atoms with Gasteiger partial charge in [-0.15, -0.1) is 0 Å². The van der Waals surface area contributed by atoms with Crippen LogP contribution in [0.4, 0.5) is 0 Å². The smallest absolute Gasteiger partial charge is 0.0614 e. The molecular formula is C14H29N3O. The number of aliphatic hydroxyl groups is 1. The van der Waals surface area contributed by atoms with Gasteiger partial charge in [0.2, 0.25) is 0 Å². The van der Waals surface area contributed by atoms with E-state index >= 15 is 0 Å². The van der Waals surface area contributed by atoms with Crippen LogP contribution in [0.5, 0.6) is 0 Å². The molecule has 0 aromatic heterocycles. The van der Waals surface area contributed by atoms with Crippen LogP contribution in [0.25, 0.3) is 0 Å². The Balaban J connectivity index is 1.81. The van der Waals surface area contributed by atoms with Gasteiger partial charge in [0.25, 0.3) is 0 Å². The van der Waals surface area contributed by atoms with Gasteiger partial charge in [0, 0.05) is 30.7 Å². The molecule has 18 heavy (non-hydrogen) atoms. The van der Waals surface area contributed by atoms with Gasteiger partial charge in [-0.05, 0) is 53.2 Å². The van der Waals surface area contributed by atoms with E-state index in [0.29, 0.717) is 18.7 Å². The van der Waals surface area contributed by atoms with E-state index < -0.39 is 0 Å². The number of aliphatic hydroxyl groups excluding tert-OH is 1. The van der Waals surface area contributed by atoms with Gasteiger partial charge < -0.3 is 20.2 Å². The monoisotopic (exact) mass is 255 g/mol. The quantitative estimate of drug-likeness (QED) is 0.695. The molecule has 2 N–H and O–H groups in total. The Morgan fingerprint density at radius 2 is 1.89 bits per heavy atom. The van der Waals surface area contributed by atoms with Crippen LogP contribution in [-0.4, -0.2) is 73.4 Å². The SMILES string of the molecule is CN(C)CCN(C)C1CCC(CO)(NC2CC2)C1. The molecule has 4 nitrogen and oxygen atoms in total. The minimum Gasteiger partial charge on any atom is -0.394 e. The van der Waals surface area contributed by atoms with Crippen molar-refractivity contribution in [2.45, 2.75) is 49.7 Å². The summed E-state index contributed by atoms with van der Waals surface area (Å²) >= 11 is 0. The number of nitrogens with one attached hydrogen (secondary N) is 1. The van der Waals surface area contributed by atoms with E-state index in [1.54, 1.807) is 0 Å². The summed E-state index contributed by atoms with van der Waals surface area (Å²) in [5, 5.41) is 13.4. The van der Waals surface area contributed by atoms with E-state index in [-0.39, 0.29) is 5.54 Å². The van der Waals surface area contributed by atoms with Gasteiger partial charge in [-0.1, -0.05) is 0 Å². The van der Waals surface area contributed by atoms with Crippen molar-refractivity contribution in [2.24, 2.45) is 0 Å². The summed E-state index contributed by atoms with van der Waals surface area (Å²) in [7, 11) is 6.46. The van der Waals surface area contributed by atoms with Crippen molar-refractivity contribution in [1.29, 1.82) is 0 Å². The molecule has 106 valence electrons. The fourth-order valence-electron chi connectivity index (χ4n) is 3.00. The largest absolute Gasteiger partial charge is 0.394 e. The van der Waals surface area contributed by atoms with E-state index in [0.717, 1.165) is 25.9 Å². The Labute approximate surface area is 111 Å². The maximum Gasteiger partial charge on any atom is 0.0614 e. The molecule has 0 radical (unpaired) electrons. The second kappa shape index (κ2) is 5.87. The number of hydrogen-bond donors (Lipinski definition) is 2. The first-order chi connectivity index (χ1) is 8.54. The van der Waals surface area contributed by atoms with Gasteiger partial charge in [-0.3, -0.25) is 0 Å². The Hall–Kier alpha value is -0.160. The Bertz CT molecular complexity index is 268. The molecule has 0 heterocycles. The van der Waals surface area contributed by atoms with Crippen LogP contribution in [0.3, 0.4) is 0 Å². The minimum atomic E-state index is 0.0121. The maximum atomic E-state index is 9.72. The summed E-state index contributed by atoms with van der Waals surface area (Å²) in [5.41, 5.74) is 0.0121. The number of nitrogens with zero attached hydrogens (tertiary/aromatic N) is 2. The molecule has 2 aliphatic rings. The first kappa shape index (κ1) is 14.3. The highest BCUT2D eigenvalue weighted by molar-refractivity contribution is 5.02. The topological polar surface area (TPSA) is 38.7 Å². The standard InChI is InChI=1S/C14H29N3O/c1-16(2)8-9-17(3)13-6-7-14(10-13,11-18)15-12-4-5-12/h12-13,15,18H,4-11H2,1-3H3. The molecule has 4 heteroatoms. The highest BCUT2D eigenvalue weighted by Crippen LogP contribution is 2.35. The highest BCUT2D eigenvalue weighted by atomic mass is 16.3. The Morgan fingerprint density at radius 1 is 1.17 bits per heavy atom. The number of hydrogen-bond acceptors (Lipinski definition) is 4. The highest BCUT2D eigenvalue weighted by Gasteiger charge is 2.42. The van der Waals surface area contributed by atoms with E-state index in [2.05, 4.69) is 36.3 Å². The summed E-state index contributed by atoms with van der Waals surface area (Å²) in [6, 6.07) is 1.31. The molecule has 0 spiro atoms. The molecule has 2 rings (SSSR count). The van der Waals surface area contributed by atoms with E-state index in [1.807, 2.05) is 0 Å². The Kier molecular flexibility index (Phi) is 4.64. The lowest BCUT2D eigenvalue weighted by Crippen LogP contribution is -2.49. The second-order valence-electron chi connectivity index (χ2n) is 6.54. The van der Waals surface area contributed by atoms with Crippen LogP contribution in [0.15, 0.2) is 0 Å². The predicted molar refractivity (Wildman–Crippen MR) is 74.8 cm³/mol. The zero-order valence-electron chi connectivity index (χ0n) is 12.2. The van der Waals surface area contributed by atoms with Crippen LogP contribution >= 0.6 is 0 Å². The molecule has 2 fully saturated rings. The predicted octanol–water partition coefficient (Wildman–Crippen LogP) is 0.515. The van der Waals surface area contributed by atoms with Gasteiger partial charge in [0.1, 0.15) is 0 Å². The summed E-state index contributed by atoms with van der Waals surface area (Å²) in [6.45, 7) is 2.51. The van der Waals surface area contributed by atoms with Crippen molar-refractivity contribution in [3.05, 3.63) is 0 Å². The average molecular weight is 255 g/mol. The van der Waals surface area contributed by atoms with E-state index in [1.165, 1.54) is 19.3 Å². The summed E-state index contributed by atoms with van der Waals surface area (Å²) in [4.78, 5) is 4.69. The van der Waals surface area contributed by atoms with Gasteiger partial charge in [0.15, 0.2) is 0 Å². The van der Waals surface area contributed by atoms with Gasteiger partial charge in [-0.25, -0.2) is 0 Å². The second-order valence-corrected chi connectivity index (χ2v) is 6.54. The first-order valence-electron chi connectivity index (χ1n) is 7.28. The maximum absolute atomic E-state index is 9.72. The van der Waals surface area contributed by atoms with Crippen LogP contribution < -0.4 is 5.32 Å². The van der Waals surface area contributed by atoms with Crippen LogP contribution in [-0.2, 0) is 0 Å². The molecule has 0 amide bonds. The van der Waals surface area contributed by atoms with Crippen molar-refractivity contribution >= 4 is 0 Å². The number of likely N-dealkylation sites (N-methyl/N-ethyl adjacent to an activating group) is 2. The van der Waals surface area contributed by atoms with E-state index in [4.69, 9.17) is 0 Å². The van der Waals surface area contributed by atoms with Crippen molar-refractivity contribution in [2.75, 3.05) is 40.8 Å². The fraction of sp³-hybridized carbons (Fsp3) is 1.00. The summed E-state index contributed by atoms with van der Waals surface area (Å²) in [5.74, 6) is 0. The minimum absolute atomic E-state index is 0.0121. The molecule has 2 unspecified atom stereocenters. The lowest BCUT2D eigenvalue weighted by Gasteiger charge is -2.31. The Morgan fingerprint density at radius 3 is 2.44 bits per heavy atom. The molecule has 2 saturated carbocycles. The molecule has 0 aliphatic heterocycles. The molecule has 0 saturated heterocycles. The summed E-state index contributed by atoms with van der Waals surface area (Å²) < 4.78 is 0. The molecule has 2 atom stereocenters. The van der Waals surface area contributed by atoms with Crippen molar-refractivity contribution in [3.8, 4) is 0 Å². The lowest BCUT2D eigenvalue weighted by atomic mass is 9.98. The van der Waals surface area contributed by atoms with Gasteiger partial charge in [0.05, 0.1) is 6.61 Å². The van der Waals surface area contributed by atoms with Crippen LogP contribution in [0.2, 0.25) is 0 Å². The molecule has 2 aliphatic carbocycles. The third kappa shape index (κ3) is 3.67. The van der Waals surface area contributed by atoms with Crippen LogP contribution in [0.1, 0.15) is 32.1 Å². The molecular weight excluding hydrogens is 226 g/mol. The van der Waals surface area contributed by atoms with Crippen LogP contribution in [0, 0.1) is 0 Å². The van der Waals surface area contributed by atoms with Gasteiger partial charge in [-0.2, -0.15) is 0 Å². The summed E-state index contributed by atoms with van der Waals surface area (Å²) in [6.07, 6.45) is 6.02. The fourth-order valence-corrected chi connectivity index (χ4v) is 3.00. The average Bonchev–Trinajstić information content (AvgIpc) is 3.04. The van der Waals surface area contributed by atoms with Crippen molar-refractivity contribution < 1.29 is 5.11 Å². The third-order valence-corrected chi connectivity index (χ3v) is 4.50. The third-order valence-electron chi connectivity index (χ3n) is 4.50. The first-order valence-corrected chi connectivity index (χ1v) is 7.28. The molecule has 0 bridgehead atoms. The number of rotatable bonds is 7. The van der Waals surface area contributed by atoms with Crippen molar-refractivity contribution in [3.63, 3.8) is 0 Å². The van der Waals surface area contributed by atoms with Crippen molar-refractivity contribution in [1.82, 2.24) is 15.1 Å². The lowest BCUT2D eigenvalue weighted by molar-refractivity contribution is 0.146. The molecule has 0 aromatic carbocycles. The normalized spacial score (nSPS) is 32.7. The zero-order valence-corrected chi connectivity index (χ0v) is 12.2. The van der Waals surface area contributed by atoms with E-state index in [9.17, 15) is 5.11 Å². The zero-order chi connectivity index (χ0) is 13.2. The van der Waals surface area contributed by atoms with Gasteiger partial charge >= 0.3 is 0 Å². The molecule has 0 aromatic rings.